The summed E-state index contributed by atoms with van der Waals surface area (Å²) in [6.45, 7) is 12.3. The third kappa shape index (κ3) is 6.54. The molecule has 1 aromatic carbocycles. The van der Waals surface area contributed by atoms with Gasteiger partial charge in [0.15, 0.2) is 11.5 Å². The Balaban J connectivity index is 1.79. The monoisotopic (exact) mass is 419 g/mol. The van der Waals surface area contributed by atoms with Crippen molar-refractivity contribution in [3.63, 3.8) is 0 Å². The number of piperidine rings is 1. The Labute approximate surface area is 180 Å². The zero-order valence-electron chi connectivity index (χ0n) is 18.9. The molecule has 0 spiro atoms. The van der Waals surface area contributed by atoms with E-state index >= 15 is 0 Å². The highest BCUT2D eigenvalue weighted by atomic mass is 16.5. The van der Waals surface area contributed by atoms with Crippen molar-refractivity contribution in [2.75, 3.05) is 45.9 Å². The number of amides is 3. The van der Waals surface area contributed by atoms with Gasteiger partial charge in [0, 0.05) is 38.6 Å². The molecule has 1 saturated heterocycles. The summed E-state index contributed by atoms with van der Waals surface area (Å²) >= 11 is 0. The van der Waals surface area contributed by atoms with Crippen LogP contribution in [0.5, 0.6) is 11.5 Å². The van der Waals surface area contributed by atoms with Gasteiger partial charge in [0.25, 0.3) is 0 Å². The van der Waals surface area contributed by atoms with Gasteiger partial charge in [0.1, 0.15) is 0 Å². The van der Waals surface area contributed by atoms with Crippen LogP contribution < -0.4 is 14.8 Å². The summed E-state index contributed by atoms with van der Waals surface area (Å²) in [6.07, 6.45) is 2.17. The van der Waals surface area contributed by atoms with Crippen molar-refractivity contribution in [1.82, 2.24) is 15.1 Å². The molecule has 1 N–H and O–H groups in total. The minimum absolute atomic E-state index is 0.0231. The average molecular weight is 420 g/mol. The maximum atomic E-state index is 12.6. The lowest BCUT2D eigenvalue weighted by Gasteiger charge is -2.34. The molecule has 0 radical (unpaired) electrons. The predicted octanol–water partition coefficient (Wildman–Crippen LogP) is 3.32. The molecule has 1 aromatic rings. The topological polar surface area (TPSA) is 71.1 Å². The van der Waals surface area contributed by atoms with Gasteiger partial charge in [-0.05, 0) is 64.7 Å². The molecule has 1 aliphatic heterocycles. The van der Waals surface area contributed by atoms with Crippen LogP contribution in [-0.4, -0.2) is 67.7 Å². The number of rotatable bonds is 10. The number of ether oxygens (including phenoxy) is 2. The van der Waals surface area contributed by atoms with Crippen LogP contribution >= 0.6 is 0 Å². The van der Waals surface area contributed by atoms with Crippen LogP contribution in [0.4, 0.5) is 4.79 Å². The lowest BCUT2D eigenvalue weighted by atomic mass is 9.96. The number of hydrogen-bond donors (Lipinski definition) is 1. The molecule has 0 unspecified atom stereocenters. The second-order valence-electron chi connectivity index (χ2n) is 7.40. The van der Waals surface area contributed by atoms with Gasteiger partial charge in [-0.3, -0.25) is 4.79 Å². The third-order valence-corrected chi connectivity index (χ3v) is 5.49. The van der Waals surface area contributed by atoms with Gasteiger partial charge in [-0.1, -0.05) is 6.07 Å². The molecule has 0 bridgehead atoms. The van der Waals surface area contributed by atoms with E-state index in [4.69, 9.17) is 9.47 Å². The van der Waals surface area contributed by atoms with E-state index in [0.717, 1.165) is 36.3 Å². The van der Waals surface area contributed by atoms with Gasteiger partial charge >= 0.3 is 6.03 Å². The summed E-state index contributed by atoms with van der Waals surface area (Å²) in [5.74, 6) is 1.55. The summed E-state index contributed by atoms with van der Waals surface area (Å²) in [6, 6.07) is 6.00. The van der Waals surface area contributed by atoms with Crippen LogP contribution in [0, 0.1) is 5.92 Å². The molecule has 1 aliphatic rings. The number of benzene rings is 1. The zero-order chi connectivity index (χ0) is 21.9. The molecule has 2 rings (SSSR count). The maximum absolute atomic E-state index is 12.6. The maximum Gasteiger partial charge on any atom is 0.319 e. The molecule has 0 atom stereocenters. The fourth-order valence-corrected chi connectivity index (χ4v) is 3.75. The Kier molecular flexibility index (Phi) is 9.77. The standard InChI is InChI=1S/C23H37N3O4/c1-5-25(6-2)23(28)26-15-12-19(13-16-26)22(27)24-14-11-18-9-10-20(29-7-3)21(17-18)30-8-4/h9-10,17,19H,5-8,11-16H2,1-4H3,(H,24,27). The lowest BCUT2D eigenvalue weighted by molar-refractivity contribution is -0.126. The van der Waals surface area contributed by atoms with Crippen LogP contribution in [0.2, 0.25) is 0 Å². The van der Waals surface area contributed by atoms with E-state index in [9.17, 15) is 9.59 Å². The molecule has 7 heteroatoms. The number of likely N-dealkylation sites (tertiary alicyclic amines) is 1. The number of hydrogen-bond acceptors (Lipinski definition) is 4. The zero-order valence-corrected chi connectivity index (χ0v) is 18.9. The number of carbonyl (C=O) groups is 2. The van der Waals surface area contributed by atoms with Crippen molar-refractivity contribution in [2.24, 2.45) is 5.92 Å². The summed E-state index contributed by atoms with van der Waals surface area (Å²) in [5.41, 5.74) is 1.10. The highest BCUT2D eigenvalue weighted by molar-refractivity contribution is 5.79. The van der Waals surface area contributed by atoms with E-state index in [1.165, 1.54) is 0 Å². The van der Waals surface area contributed by atoms with E-state index in [1.807, 2.05) is 55.7 Å². The first-order chi connectivity index (χ1) is 14.5. The van der Waals surface area contributed by atoms with Gasteiger partial charge in [-0.2, -0.15) is 0 Å². The fraction of sp³-hybridized carbons (Fsp3) is 0.652. The van der Waals surface area contributed by atoms with Gasteiger partial charge in [-0.25, -0.2) is 4.79 Å². The largest absolute Gasteiger partial charge is 0.490 e. The Morgan fingerprint density at radius 2 is 1.67 bits per heavy atom. The van der Waals surface area contributed by atoms with Crippen LogP contribution in [0.15, 0.2) is 18.2 Å². The van der Waals surface area contributed by atoms with E-state index in [1.54, 1.807) is 0 Å². The first-order valence-corrected chi connectivity index (χ1v) is 11.2. The van der Waals surface area contributed by atoms with Crippen molar-refractivity contribution in [3.8, 4) is 11.5 Å². The molecule has 0 saturated carbocycles. The molecule has 0 aromatic heterocycles. The first kappa shape index (κ1) is 23.8. The SMILES string of the molecule is CCOc1ccc(CCNC(=O)C2CCN(C(=O)N(CC)CC)CC2)cc1OCC. The van der Waals surface area contributed by atoms with Crippen molar-refractivity contribution in [2.45, 2.75) is 47.0 Å². The predicted molar refractivity (Wildman–Crippen MR) is 118 cm³/mol. The van der Waals surface area contributed by atoms with Crippen LogP contribution in [0.3, 0.4) is 0 Å². The molecule has 0 aliphatic carbocycles. The summed E-state index contributed by atoms with van der Waals surface area (Å²) in [4.78, 5) is 28.7. The Morgan fingerprint density at radius 3 is 2.27 bits per heavy atom. The van der Waals surface area contributed by atoms with Gasteiger partial charge in [-0.15, -0.1) is 0 Å². The number of nitrogens with zero attached hydrogens (tertiary/aromatic N) is 2. The van der Waals surface area contributed by atoms with Crippen molar-refractivity contribution in [3.05, 3.63) is 23.8 Å². The number of carbonyl (C=O) groups excluding carboxylic acids is 2. The fourth-order valence-electron chi connectivity index (χ4n) is 3.75. The van der Waals surface area contributed by atoms with Crippen LogP contribution in [0.25, 0.3) is 0 Å². The second kappa shape index (κ2) is 12.3. The van der Waals surface area contributed by atoms with Crippen molar-refractivity contribution < 1.29 is 19.1 Å². The quantitative estimate of drug-likeness (QED) is 0.632. The highest BCUT2D eigenvalue weighted by Gasteiger charge is 2.28. The number of urea groups is 1. The number of nitrogens with one attached hydrogen (secondary N) is 1. The van der Waals surface area contributed by atoms with Crippen molar-refractivity contribution in [1.29, 1.82) is 0 Å². The summed E-state index contributed by atoms with van der Waals surface area (Å²) in [7, 11) is 0. The Hall–Kier alpha value is -2.44. The second-order valence-corrected chi connectivity index (χ2v) is 7.40. The average Bonchev–Trinajstić information content (AvgIpc) is 2.76. The van der Waals surface area contributed by atoms with Gasteiger partial charge in [0.2, 0.25) is 5.91 Å². The Morgan fingerprint density at radius 1 is 1.03 bits per heavy atom. The molecule has 3 amide bonds. The van der Waals surface area contributed by atoms with Gasteiger partial charge < -0.3 is 24.6 Å². The lowest BCUT2D eigenvalue weighted by Crippen LogP contribution is -2.48. The smallest absolute Gasteiger partial charge is 0.319 e. The van der Waals surface area contributed by atoms with E-state index in [0.29, 0.717) is 45.9 Å². The first-order valence-electron chi connectivity index (χ1n) is 11.2. The summed E-state index contributed by atoms with van der Waals surface area (Å²) < 4.78 is 11.3. The molecular weight excluding hydrogens is 382 g/mol. The minimum atomic E-state index is -0.0231. The van der Waals surface area contributed by atoms with Crippen LogP contribution in [-0.2, 0) is 11.2 Å². The Bertz CT molecular complexity index is 683. The highest BCUT2D eigenvalue weighted by Crippen LogP contribution is 2.28. The van der Waals surface area contributed by atoms with Crippen LogP contribution in [0.1, 0.15) is 46.1 Å². The van der Waals surface area contributed by atoms with E-state index in [2.05, 4.69) is 5.32 Å². The van der Waals surface area contributed by atoms with Crippen molar-refractivity contribution >= 4 is 11.9 Å². The molecule has 1 heterocycles. The molecule has 1 fully saturated rings. The normalized spacial score (nSPS) is 14.3. The summed E-state index contributed by atoms with van der Waals surface area (Å²) in [5, 5.41) is 3.06. The molecule has 168 valence electrons. The minimum Gasteiger partial charge on any atom is -0.490 e. The molecule has 7 nitrogen and oxygen atoms in total. The van der Waals surface area contributed by atoms with Gasteiger partial charge in [0.05, 0.1) is 13.2 Å². The van der Waals surface area contributed by atoms with E-state index in [-0.39, 0.29) is 17.9 Å². The third-order valence-electron chi connectivity index (χ3n) is 5.49. The molecular formula is C23H37N3O4. The van der Waals surface area contributed by atoms with E-state index < -0.39 is 0 Å². The molecule has 30 heavy (non-hydrogen) atoms.